The van der Waals surface area contributed by atoms with Gasteiger partial charge >= 0.3 is 0 Å². The van der Waals surface area contributed by atoms with Gasteiger partial charge in [-0.15, -0.1) is 11.3 Å². The molecule has 1 atom stereocenters. The van der Waals surface area contributed by atoms with Crippen LogP contribution in [-0.4, -0.2) is 67.3 Å². The standard InChI is InChI=1S/C23H28Cl2N4O3S3/c1-4-27(5-2)11-12-28(23-26-21-15(3)13-16(24)14-18(21)33-23)22(30)17-7-6-10-29(17)35(31,32)20-9-8-19(25)34-20/h8-9,13-14,17H,4-7,10-12H2,1-3H3. The Morgan fingerprint density at radius 1 is 1.17 bits per heavy atom. The summed E-state index contributed by atoms with van der Waals surface area (Å²) >= 11 is 14.7. The zero-order valence-corrected chi connectivity index (χ0v) is 23.8. The molecule has 4 rings (SSSR count). The third-order valence-electron chi connectivity index (χ3n) is 6.27. The maximum Gasteiger partial charge on any atom is 0.253 e. The second-order valence-electron chi connectivity index (χ2n) is 8.41. The lowest BCUT2D eigenvalue weighted by Gasteiger charge is -2.29. The lowest BCUT2D eigenvalue weighted by Crippen LogP contribution is -2.49. The lowest BCUT2D eigenvalue weighted by atomic mass is 10.2. The topological polar surface area (TPSA) is 73.8 Å². The van der Waals surface area contributed by atoms with Crippen LogP contribution in [0.2, 0.25) is 9.36 Å². The van der Waals surface area contributed by atoms with E-state index < -0.39 is 16.1 Å². The molecule has 1 aromatic carbocycles. The molecule has 2 aromatic heterocycles. The van der Waals surface area contributed by atoms with Crippen molar-refractivity contribution in [2.45, 2.75) is 43.9 Å². The van der Waals surface area contributed by atoms with Crippen LogP contribution in [0.3, 0.4) is 0 Å². The summed E-state index contributed by atoms with van der Waals surface area (Å²) in [6, 6.07) is 5.99. The summed E-state index contributed by atoms with van der Waals surface area (Å²) in [5, 5.41) is 1.18. The minimum atomic E-state index is -3.83. The molecule has 1 aliphatic rings. The van der Waals surface area contributed by atoms with Crippen molar-refractivity contribution in [3.63, 3.8) is 0 Å². The fourth-order valence-electron chi connectivity index (χ4n) is 4.35. The van der Waals surface area contributed by atoms with Crippen molar-refractivity contribution in [1.29, 1.82) is 0 Å². The van der Waals surface area contributed by atoms with E-state index in [1.165, 1.54) is 21.7 Å². The average Bonchev–Trinajstić information content (AvgIpc) is 3.56. The minimum absolute atomic E-state index is 0.155. The zero-order chi connectivity index (χ0) is 25.3. The first-order valence-corrected chi connectivity index (χ1v) is 15.4. The second kappa shape index (κ2) is 11.0. The molecule has 0 bridgehead atoms. The van der Waals surface area contributed by atoms with Crippen LogP contribution in [0.5, 0.6) is 0 Å². The molecule has 1 saturated heterocycles. The van der Waals surface area contributed by atoms with Crippen LogP contribution in [0.25, 0.3) is 10.2 Å². The average molecular weight is 576 g/mol. The van der Waals surface area contributed by atoms with Crippen LogP contribution < -0.4 is 4.90 Å². The number of aryl methyl sites for hydroxylation is 1. The van der Waals surface area contributed by atoms with Crippen LogP contribution in [-0.2, 0) is 14.8 Å². The molecule has 35 heavy (non-hydrogen) atoms. The Bertz CT molecular complexity index is 1320. The number of halogens is 2. The molecule has 1 amide bonds. The van der Waals surface area contributed by atoms with Gasteiger partial charge in [0.05, 0.1) is 14.6 Å². The van der Waals surface area contributed by atoms with E-state index >= 15 is 0 Å². The van der Waals surface area contributed by atoms with Crippen LogP contribution in [0.15, 0.2) is 28.5 Å². The van der Waals surface area contributed by atoms with Gasteiger partial charge in [0.15, 0.2) is 5.13 Å². The molecule has 3 heterocycles. The number of carbonyl (C=O) groups excluding carboxylic acids is 1. The Morgan fingerprint density at radius 3 is 2.57 bits per heavy atom. The molecule has 1 fully saturated rings. The Balaban J connectivity index is 1.70. The Labute approximate surface area is 224 Å². The zero-order valence-electron chi connectivity index (χ0n) is 19.8. The number of rotatable bonds is 9. The van der Waals surface area contributed by atoms with E-state index in [-0.39, 0.29) is 10.1 Å². The molecule has 3 aromatic rings. The molecule has 190 valence electrons. The predicted molar refractivity (Wildman–Crippen MR) is 146 cm³/mol. The SMILES string of the molecule is CCN(CC)CCN(C(=O)C1CCCN1S(=O)(=O)c1ccc(Cl)s1)c1nc2c(C)cc(Cl)cc2s1. The summed E-state index contributed by atoms with van der Waals surface area (Å²) in [4.78, 5) is 22.7. The van der Waals surface area contributed by atoms with Gasteiger partial charge in [0.1, 0.15) is 10.3 Å². The number of thiophene rings is 1. The van der Waals surface area contributed by atoms with Gasteiger partial charge in [0.2, 0.25) is 5.91 Å². The van der Waals surface area contributed by atoms with Crippen LogP contribution >= 0.6 is 45.9 Å². The highest BCUT2D eigenvalue weighted by atomic mass is 35.5. The number of benzene rings is 1. The highest BCUT2D eigenvalue weighted by Gasteiger charge is 2.42. The van der Waals surface area contributed by atoms with Crippen LogP contribution in [0.4, 0.5) is 5.13 Å². The molecular formula is C23H28Cl2N4O3S3. The molecule has 1 unspecified atom stereocenters. The summed E-state index contributed by atoms with van der Waals surface area (Å²) in [5.41, 5.74) is 1.74. The van der Waals surface area contributed by atoms with Gasteiger partial charge in [0, 0.05) is 24.7 Å². The smallest absolute Gasteiger partial charge is 0.253 e. The summed E-state index contributed by atoms with van der Waals surface area (Å²) in [6.45, 7) is 9.19. The van der Waals surface area contributed by atoms with E-state index in [1.54, 1.807) is 11.0 Å². The van der Waals surface area contributed by atoms with E-state index in [4.69, 9.17) is 28.2 Å². The summed E-state index contributed by atoms with van der Waals surface area (Å²) in [7, 11) is -3.83. The molecule has 1 aliphatic heterocycles. The molecule has 0 aliphatic carbocycles. The minimum Gasteiger partial charge on any atom is -0.302 e. The first-order chi connectivity index (χ1) is 16.6. The van der Waals surface area contributed by atoms with Crippen molar-refractivity contribution in [3.05, 3.63) is 39.2 Å². The second-order valence-corrected chi connectivity index (χ2v) is 13.7. The van der Waals surface area contributed by atoms with Gasteiger partial charge in [-0.25, -0.2) is 13.4 Å². The number of hydrogen-bond acceptors (Lipinski definition) is 7. The molecule has 0 saturated carbocycles. The van der Waals surface area contributed by atoms with Crippen molar-refractivity contribution in [2.75, 3.05) is 37.6 Å². The van der Waals surface area contributed by atoms with Gasteiger partial charge < -0.3 is 4.90 Å². The first kappa shape index (κ1) is 26.8. The number of amides is 1. The van der Waals surface area contributed by atoms with Crippen molar-refractivity contribution in [3.8, 4) is 0 Å². The number of nitrogens with zero attached hydrogens (tertiary/aromatic N) is 4. The Morgan fingerprint density at radius 2 is 1.91 bits per heavy atom. The van der Waals surface area contributed by atoms with Crippen molar-refractivity contribution < 1.29 is 13.2 Å². The van der Waals surface area contributed by atoms with Crippen molar-refractivity contribution in [2.24, 2.45) is 0 Å². The predicted octanol–water partition coefficient (Wildman–Crippen LogP) is 5.50. The largest absolute Gasteiger partial charge is 0.302 e. The molecule has 12 heteroatoms. The van der Waals surface area contributed by atoms with Gasteiger partial charge in [-0.1, -0.05) is 48.4 Å². The van der Waals surface area contributed by atoms with E-state index in [9.17, 15) is 13.2 Å². The summed E-state index contributed by atoms with van der Waals surface area (Å²) in [6.07, 6.45) is 1.09. The fourth-order valence-corrected chi connectivity index (χ4v) is 9.06. The number of thiazole rings is 1. The van der Waals surface area contributed by atoms with E-state index in [0.717, 1.165) is 40.2 Å². The van der Waals surface area contributed by atoms with Crippen LogP contribution in [0, 0.1) is 6.92 Å². The number of hydrogen-bond donors (Lipinski definition) is 0. The number of carbonyl (C=O) groups is 1. The van der Waals surface area contributed by atoms with Crippen molar-refractivity contribution >= 4 is 77.2 Å². The molecule has 7 nitrogen and oxygen atoms in total. The fraction of sp³-hybridized carbons (Fsp3) is 0.478. The number of anilines is 1. The molecular weight excluding hydrogens is 547 g/mol. The quantitative estimate of drug-likeness (QED) is 0.337. The van der Waals surface area contributed by atoms with Crippen molar-refractivity contribution in [1.82, 2.24) is 14.2 Å². The summed E-state index contributed by atoms with van der Waals surface area (Å²) in [5.74, 6) is -0.247. The van der Waals surface area contributed by atoms with Gasteiger partial charge in [-0.2, -0.15) is 4.31 Å². The van der Waals surface area contributed by atoms with Gasteiger partial charge in [-0.3, -0.25) is 9.69 Å². The van der Waals surface area contributed by atoms with E-state index in [1.807, 2.05) is 19.1 Å². The molecule has 0 N–H and O–H groups in total. The number of sulfonamides is 1. The highest BCUT2D eigenvalue weighted by molar-refractivity contribution is 7.91. The third kappa shape index (κ3) is 5.53. The maximum atomic E-state index is 14.0. The van der Waals surface area contributed by atoms with Crippen LogP contribution in [0.1, 0.15) is 32.3 Å². The third-order valence-corrected chi connectivity index (χ3v) is 11.1. The Hall–Kier alpha value is -1.27. The normalized spacial score (nSPS) is 17.0. The Kier molecular flexibility index (Phi) is 8.42. The molecule has 0 spiro atoms. The van der Waals surface area contributed by atoms with Gasteiger partial charge in [-0.05, 0) is 62.7 Å². The first-order valence-electron chi connectivity index (χ1n) is 11.5. The number of aromatic nitrogens is 1. The lowest BCUT2D eigenvalue weighted by molar-refractivity contribution is -0.121. The highest BCUT2D eigenvalue weighted by Crippen LogP contribution is 2.36. The number of likely N-dealkylation sites (N-methyl/N-ethyl adjacent to an activating group) is 1. The van der Waals surface area contributed by atoms with E-state index in [2.05, 4.69) is 18.7 Å². The summed E-state index contributed by atoms with van der Waals surface area (Å²) < 4.78 is 29.5. The number of fused-ring (bicyclic) bond motifs is 1. The molecule has 0 radical (unpaired) electrons. The van der Waals surface area contributed by atoms with E-state index in [0.29, 0.717) is 47.0 Å². The maximum absolute atomic E-state index is 14.0. The monoisotopic (exact) mass is 574 g/mol. The van der Waals surface area contributed by atoms with Gasteiger partial charge in [0.25, 0.3) is 10.0 Å².